The number of anilines is 1. The number of phenols is 1. The predicted molar refractivity (Wildman–Crippen MR) is 117 cm³/mol. The highest BCUT2D eigenvalue weighted by Crippen LogP contribution is 2.29. The number of nitrogens with zero attached hydrogens (tertiary/aromatic N) is 3. The van der Waals surface area contributed by atoms with E-state index in [0.29, 0.717) is 12.2 Å². The Bertz CT molecular complexity index is 1140. The number of rotatable bonds is 5. The summed E-state index contributed by atoms with van der Waals surface area (Å²) >= 11 is 0. The van der Waals surface area contributed by atoms with E-state index in [1.165, 1.54) is 17.0 Å². The lowest BCUT2D eigenvalue weighted by atomic mass is 9.99. The Kier molecular flexibility index (Phi) is 5.88. The van der Waals surface area contributed by atoms with Gasteiger partial charge in [0, 0.05) is 14.1 Å². The average molecular weight is 431 g/mol. The van der Waals surface area contributed by atoms with Crippen LogP contribution in [0.4, 0.5) is 5.69 Å². The Hall–Kier alpha value is -3.28. The molecular weight excluding hydrogens is 409 g/mol. The van der Waals surface area contributed by atoms with Gasteiger partial charge in [-0.2, -0.15) is 8.42 Å². The van der Waals surface area contributed by atoms with Crippen LogP contribution in [0.1, 0.15) is 35.5 Å². The molecule has 3 rings (SSSR count). The zero-order valence-electron chi connectivity index (χ0n) is 17.0. The van der Waals surface area contributed by atoms with Crippen LogP contribution >= 0.6 is 0 Å². The second-order valence-corrected chi connectivity index (χ2v) is 8.25. The highest BCUT2D eigenvalue weighted by Gasteiger charge is 2.28. The van der Waals surface area contributed by atoms with Crippen LogP contribution in [0.15, 0.2) is 43.7 Å². The van der Waals surface area contributed by atoms with Gasteiger partial charge in [-0.05, 0) is 24.6 Å². The van der Waals surface area contributed by atoms with Crippen LogP contribution in [0, 0.1) is 0 Å². The summed E-state index contributed by atoms with van der Waals surface area (Å²) in [5.74, 6) is -0.205. The number of phenolic OH excluding ortho intramolecular Hbond substituents is 1. The first-order valence-electron chi connectivity index (χ1n) is 9.18. The highest BCUT2D eigenvalue weighted by atomic mass is 32.2. The van der Waals surface area contributed by atoms with Crippen molar-refractivity contribution in [1.29, 1.82) is 0 Å². The second-order valence-electron chi connectivity index (χ2n) is 6.99. The summed E-state index contributed by atoms with van der Waals surface area (Å²) in [5.41, 5.74) is 1.12. The van der Waals surface area contributed by atoms with Gasteiger partial charge < -0.3 is 25.1 Å². The third-order valence-corrected chi connectivity index (χ3v) is 5.20. The molecule has 1 atom stereocenters. The maximum atomic E-state index is 12.2. The molecule has 1 amide bonds. The number of amidine groups is 2. The van der Waals surface area contributed by atoms with Crippen molar-refractivity contribution in [3.8, 4) is 5.75 Å². The molecule has 0 unspecified atom stereocenters. The van der Waals surface area contributed by atoms with Gasteiger partial charge in [0.2, 0.25) is 0 Å². The fraction of sp³-hybridized carbons (Fsp3) is 0.278. The molecule has 1 aliphatic rings. The summed E-state index contributed by atoms with van der Waals surface area (Å²) in [5, 5.41) is 16.3. The van der Waals surface area contributed by atoms with Crippen LogP contribution in [0.5, 0.6) is 5.75 Å². The van der Waals surface area contributed by atoms with E-state index in [1.54, 1.807) is 26.4 Å². The van der Waals surface area contributed by atoms with Crippen LogP contribution in [-0.2, 0) is 10.2 Å². The number of hydrogen-bond donors (Lipinski definition) is 3. The Morgan fingerprint density at radius 2 is 2.00 bits per heavy atom. The minimum atomic E-state index is -4.08. The van der Waals surface area contributed by atoms with Crippen molar-refractivity contribution >= 4 is 46.8 Å². The van der Waals surface area contributed by atoms with Crippen molar-refractivity contribution < 1.29 is 22.7 Å². The van der Waals surface area contributed by atoms with Crippen LogP contribution in [0.2, 0.25) is 0 Å². The molecule has 1 aromatic heterocycles. The first kappa shape index (κ1) is 21.4. The summed E-state index contributed by atoms with van der Waals surface area (Å²) in [6.07, 6.45) is 2.20. The van der Waals surface area contributed by atoms with E-state index in [-0.39, 0.29) is 34.7 Å². The zero-order valence-corrected chi connectivity index (χ0v) is 17.8. The van der Waals surface area contributed by atoms with Crippen LogP contribution < -0.4 is 16.1 Å². The van der Waals surface area contributed by atoms with Crippen molar-refractivity contribution in [3.63, 3.8) is 0 Å². The normalized spacial score (nSPS) is 15.8. The Morgan fingerprint density at radius 1 is 1.30 bits per heavy atom. The number of para-hydroxylation sites is 1. The second kappa shape index (κ2) is 8.23. The molecule has 158 valence electrons. The largest absolute Gasteiger partial charge is 0.505 e. The fourth-order valence-electron chi connectivity index (χ4n) is 2.88. The summed E-state index contributed by atoms with van der Waals surface area (Å²) < 4.78 is 36.8. The summed E-state index contributed by atoms with van der Waals surface area (Å²) in [6.45, 7) is 1.91. The SMILES string of the molecule is Bc1coc([C@@H](CC)NC2=NS(=O)(=O)N=C2Nc2cccc(C(=O)N(C)C)c2O)c1. The number of carbonyl (C=O) groups is 1. The number of carbonyl (C=O) groups excluding carboxylic acids is 1. The predicted octanol–water partition coefficient (Wildman–Crippen LogP) is 0.154. The van der Waals surface area contributed by atoms with Gasteiger partial charge in [0.1, 0.15) is 13.6 Å². The van der Waals surface area contributed by atoms with E-state index >= 15 is 0 Å². The first-order chi connectivity index (χ1) is 14.1. The molecule has 1 aromatic carbocycles. The molecule has 30 heavy (non-hydrogen) atoms. The third-order valence-electron chi connectivity index (χ3n) is 4.38. The molecule has 12 heteroatoms. The van der Waals surface area contributed by atoms with Gasteiger partial charge in [0.15, 0.2) is 17.4 Å². The van der Waals surface area contributed by atoms with Crippen molar-refractivity contribution in [1.82, 2.24) is 10.2 Å². The molecule has 0 saturated heterocycles. The number of hydrogen-bond acceptors (Lipinski definition) is 7. The lowest BCUT2D eigenvalue weighted by Crippen LogP contribution is -2.36. The first-order valence-corrected chi connectivity index (χ1v) is 10.6. The molecule has 0 saturated carbocycles. The van der Waals surface area contributed by atoms with E-state index in [9.17, 15) is 18.3 Å². The van der Waals surface area contributed by atoms with E-state index in [4.69, 9.17) is 4.42 Å². The smallest absolute Gasteiger partial charge is 0.367 e. The third kappa shape index (κ3) is 4.48. The standard InChI is InChI=1S/C18H22BN5O5S/c1-4-12(14-8-10(19)9-29-14)20-16-17(23-30(27,28)22-16)21-13-7-5-6-11(15(13)25)18(26)24(2)3/h5-9,12,25H,4,19H2,1-3H3,(H,20,22)(H,21,23)/t12-/m1/s1. The average Bonchev–Trinajstić information content (AvgIpc) is 3.23. The van der Waals surface area contributed by atoms with Crippen LogP contribution in [0.25, 0.3) is 0 Å². The molecule has 2 aromatic rings. The van der Waals surface area contributed by atoms with Crippen molar-refractivity contribution in [2.45, 2.75) is 19.4 Å². The lowest BCUT2D eigenvalue weighted by Gasteiger charge is -2.18. The molecule has 10 nitrogen and oxygen atoms in total. The van der Waals surface area contributed by atoms with Crippen LogP contribution in [-0.4, -0.2) is 57.9 Å². The summed E-state index contributed by atoms with van der Waals surface area (Å²) in [6, 6.07) is 6.04. The fourth-order valence-corrected chi connectivity index (χ4v) is 3.65. The van der Waals surface area contributed by atoms with E-state index in [2.05, 4.69) is 19.4 Å². The maximum Gasteiger partial charge on any atom is 0.367 e. The highest BCUT2D eigenvalue weighted by molar-refractivity contribution is 7.89. The molecule has 3 N–H and O–H groups in total. The molecule has 1 aliphatic heterocycles. The van der Waals surface area contributed by atoms with Crippen molar-refractivity contribution in [2.75, 3.05) is 19.4 Å². The monoisotopic (exact) mass is 431 g/mol. The van der Waals surface area contributed by atoms with E-state index in [1.807, 2.05) is 20.8 Å². The molecule has 2 heterocycles. The van der Waals surface area contributed by atoms with Gasteiger partial charge in [0.05, 0.1) is 23.6 Å². The Balaban J connectivity index is 1.89. The summed E-state index contributed by atoms with van der Waals surface area (Å²) in [7, 11) is 0.922. The Morgan fingerprint density at radius 3 is 2.60 bits per heavy atom. The number of amides is 1. The van der Waals surface area contributed by atoms with Gasteiger partial charge >= 0.3 is 10.2 Å². The van der Waals surface area contributed by atoms with Crippen LogP contribution in [0.3, 0.4) is 0 Å². The zero-order chi connectivity index (χ0) is 22.1. The molecule has 0 spiro atoms. The molecule has 0 bridgehead atoms. The topological polar surface area (TPSA) is 137 Å². The molecule has 0 radical (unpaired) electrons. The van der Waals surface area contributed by atoms with E-state index in [0.717, 1.165) is 5.46 Å². The quantitative estimate of drug-likeness (QED) is 0.453. The van der Waals surface area contributed by atoms with Gasteiger partial charge in [-0.1, -0.05) is 18.5 Å². The van der Waals surface area contributed by atoms with Gasteiger partial charge in [0.25, 0.3) is 5.91 Å². The maximum absolute atomic E-state index is 12.2. The minimum Gasteiger partial charge on any atom is -0.505 e. The minimum absolute atomic E-state index is 0.0142. The van der Waals surface area contributed by atoms with Gasteiger partial charge in [-0.3, -0.25) is 4.79 Å². The molecule has 0 fully saturated rings. The number of benzene rings is 1. The van der Waals surface area contributed by atoms with Crippen molar-refractivity contribution in [2.24, 2.45) is 8.80 Å². The number of nitrogens with one attached hydrogen (secondary N) is 2. The van der Waals surface area contributed by atoms with Gasteiger partial charge in [-0.25, -0.2) is 0 Å². The van der Waals surface area contributed by atoms with Crippen molar-refractivity contribution in [3.05, 3.63) is 41.9 Å². The summed E-state index contributed by atoms with van der Waals surface area (Å²) in [4.78, 5) is 13.6. The molecule has 0 aliphatic carbocycles. The Labute approximate surface area is 175 Å². The van der Waals surface area contributed by atoms with E-state index < -0.39 is 16.1 Å². The number of furan rings is 1. The molecular formula is C18H22BN5O5S. The lowest BCUT2D eigenvalue weighted by molar-refractivity contribution is 0.0824. The number of aromatic hydroxyl groups is 1. The van der Waals surface area contributed by atoms with Gasteiger partial charge in [-0.15, -0.1) is 8.80 Å².